The number of halogens is 3. The summed E-state index contributed by atoms with van der Waals surface area (Å²) < 4.78 is 46.7. The quantitative estimate of drug-likeness (QED) is 0.745. The normalized spacial score (nSPS) is 24.3. The largest absolute Gasteiger partial charge is 0.417 e. The van der Waals surface area contributed by atoms with Gasteiger partial charge in [-0.1, -0.05) is 18.6 Å². The molecule has 1 saturated carbocycles. The molecule has 2 aliphatic heterocycles. The van der Waals surface area contributed by atoms with Crippen molar-refractivity contribution in [2.24, 2.45) is 0 Å². The van der Waals surface area contributed by atoms with Gasteiger partial charge in [-0.3, -0.25) is 14.5 Å². The van der Waals surface area contributed by atoms with Gasteiger partial charge in [0.15, 0.2) is 0 Å². The van der Waals surface area contributed by atoms with Crippen molar-refractivity contribution in [2.45, 2.75) is 62.9 Å². The van der Waals surface area contributed by atoms with Crippen LogP contribution in [-0.2, 0) is 15.7 Å². The SMILES string of the molecule is O=C(C1COC2(CCCCC2)N1C(=O)c1ccccc1C(F)(F)F)N1CCCC1. The molecule has 8 heteroatoms. The molecule has 1 unspecified atom stereocenters. The highest BCUT2D eigenvalue weighted by Crippen LogP contribution is 2.43. The molecule has 1 aromatic carbocycles. The fourth-order valence-corrected chi connectivity index (χ4v) is 4.85. The van der Waals surface area contributed by atoms with Gasteiger partial charge < -0.3 is 9.64 Å². The molecule has 0 radical (unpaired) electrons. The van der Waals surface area contributed by atoms with E-state index in [-0.39, 0.29) is 12.5 Å². The average molecular weight is 410 g/mol. The van der Waals surface area contributed by atoms with Crippen LogP contribution >= 0.6 is 0 Å². The molecule has 3 fully saturated rings. The monoisotopic (exact) mass is 410 g/mol. The highest BCUT2D eigenvalue weighted by atomic mass is 19.4. The maximum atomic E-state index is 13.6. The first-order valence-electron chi connectivity index (χ1n) is 10.3. The van der Waals surface area contributed by atoms with Crippen LogP contribution < -0.4 is 0 Å². The second-order valence-electron chi connectivity index (χ2n) is 8.08. The average Bonchev–Trinajstić information content (AvgIpc) is 3.36. The minimum atomic E-state index is -4.65. The molecule has 29 heavy (non-hydrogen) atoms. The van der Waals surface area contributed by atoms with Gasteiger partial charge in [0.2, 0.25) is 5.91 Å². The van der Waals surface area contributed by atoms with E-state index >= 15 is 0 Å². The number of likely N-dealkylation sites (tertiary alicyclic amines) is 1. The van der Waals surface area contributed by atoms with Gasteiger partial charge in [0, 0.05) is 13.1 Å². The molecule has 1 atom stereocenters. The summed E-state index contributed by atoms with van der Waals surface area (Å²) in [4.78, 5) is 29.7. The Morgan fingerprint density at radius 3 is 2.31 bits per heavy atom. The summed E-state index contributed by atoms with van der Waals surface area (Å²) in [5.41, 5.74) is -2.39. The van der Waals surface area contributed by atoms with Crippen LogP contribution in [0.3, 0.4) is 0 Å². The molecule has 2 heterocycles. The van der Waals surface area contributed by atoms with E-state index in [0.29, 0.717) is 25.9 Å². The second-order valence-corrected chi connectivity index (χ2v) is 8.08. The minimum Gasteiger partial charge on any atom is -0.353 e. The molecule has 1 aliphatic carbocycles. The maximum absolute atomic E-state index is 13.6. The Labute approximate surface area is 167 Å². The number of carbonyl (C=O) groups is 2. The van der Waals surface area contributed by atoms with Crippen molar-refractivity contribution in [1.82, 2.24) is 9.80 Å². The molecule has 1 spiro atoms. The van der Waals surface area contributed by atoms with E-state index in [0.717, 1.165) is 38.2 Å². The van der Waals surface area contributed by atoms with Crippen molar-refractivity contribution >= 4 is 11.8 Å². The second kappa shape index (κ2) is 7.63. The van der Waals surface area contributed by atoms with Crippen LogP contribution in [0.25, 0.3) is 0 Å². The van der Waals surface area contributed by atoms with Crippen LogP contribution in [0.2, 0.25) is 0 Å². The smallest absolute Gasteiger partial charge is 0.353 e. The van der Waals surface area contributed by atoms with Crippen LogP contribution in [0.4, 0.5) is 13.2 Å². The van der Waals surface area contributed by atoms with Crippen molar-refractivity contribution in [3.63, 3.8) is 0 Å². The number of benzene rings is 1. The third-order valence-electron chi connectivity index (χ3n) is 6.28. The zero-order valence-corrected chi connectivity index (χ0v) is 16.2. The first-order valence-corrected chi connectivity index (χ1v) is 10.3. The van der Waals surface area contributed by atoms with Crippen LogP contribution in [0.1, 0.15) is 60.9 Å². The Kier molecular flexibility index (Phi) is 5.31. The molecular formula is C21H25F3N2O3. The molecule has 0 aromatic heterocycles. The standard InChI is InChI=1S/C21H25F3N2O3/c22-21(23,24)16-9-3-2-8-15(16)18(27)26-17(19(28)25-12-6-7-13-25)14-29-20(26)10-4-1-5-11-20/h2-3,8-9,17H,1,4-7,10-14H2. The number of hydrogen-bond acceptors (Lipinski definition) is 3. The van der Waals surface area contributed by atoms with Crippen molar-refractivity contribution < 1.29 is 27.5 Å². The lowest BCUT2D eigenvalue weighted by atomic mass is 9.89. The van der Waals surface area contributed by atoms with Crippen LogP contribution in [0, 0.1) is 0 Å². The predicted molar refractivity (Wildman–Crippen MR) is 99.0 cm³/mol. The summed E-state index contributed by atoms with van der Waals surface area (Å²) in [6.45, 7) is 1.27. The predicted octanol–water partition coefficient (Wildman–Crippen LogP) is 3.83. The molecule has 0 N–H and O–H groups in total. The Hall–Kier alpha value is -2.09. The lowest BCUT2D eigenvalue weighted by Gasteiger charge is -2.42. The van der Waals surface area contributed by atoms with E-state index in [1.165, 1.54) is 23.1 Å². The maximum Gasteiger partial charge on any atom is 0.417 e. The fourth-order valence-electron chi connectivity index (χ4n) is 4.85. The highest BCUT2D eigenvalue weighted by Gasteiger charge is 2.54. The van der Waals surface area contributed by atoms with Gasteiger partial charge in [-0.2, -0.15) is 13.2 Å². The van der Waals surface area contributed by atoms with Gasteiger partial charge in [-0.05, 0) is 50.7 Å². The van der Waals surface area contributed by atoms with E-state index in [1.807, 2.05) is 0 Å². The highest BCUT2D eigenvalue weighted by molar-refractivity contribution is 5.99. The molecule has 1 aromatic rings. The number of carbonyl (C=O) groups excluding carboxylic acids is 2. The summed E-state index contributed by atoms with van der Waals surface area (Å²) >= 11 is 0. The van der Waals surface area contributed by atoms with Crippen LogP contribution in [-0.4, -0.2) is 53.1 Å². The fraction of sp³-hybridized carbons (Fsp3) is 0.619. The van der Waals surface area contributed by atoms with E-state index in [1.54, 1.807) is 4.90 Å². The summed E-state index contributed by atoms with van der Waals surface area (Å²) in [7, 11) is 0. The Bertz CT molecular complexity index is 784. The number of ether oxygens (including phenoxy) is 1. The van der Waals surface area contributed by atoms with Gasteiger partial charge in [-0.25, -0.2) is 0 Å². The number of nitrogens with zero attached hydrogens (tertiary/aromatic N) is 2. The van der Waals surface area contributed by atoms with Crippen LogP contribution in [0.5, 0.6) is 0 Å². The first-order chi connectivity index (χ1) is 13.8. The van der Waals surface area contributed by atoms with Gasteiger partial charge in [0.25, 0.3) is 5.91 Å². The molecule has 5 nitrogen and oxygen atoms in total. The van der Waals surface area contributed by atoms with Gasteiger partial charge in [0.1, 0.15) is 11.8 Å². The summed E-state index contributed by atoms with van der Waals surface area (Å²) in [5.74, 6) is -0.988. The first kappa shape index (κ1) is 20.2. The van der Waals surface area contributed by atoms with E-state index in [4.69, 9.17) is 4.74 Å². The molecule has 2 saturated heterocycles. The third-order valence-corrected chi connectivity index (χ3v) is 6.28. The van der Waals surface area contributed by atoms with Crippen molar-refractivity contribution in [1.29, 1.82) is 0 Å². The molecular weight excluding hydrogens is 385 g/mol. The Morgan fingerprint density at radius 2 is 1.66 bits per heavy atom. The Balaban J connectivity index is 1.73. The lowest BCUT2D eigenvalue weighted by Crippen LogP contribution is -2.56. The number of hydrogen-bond donors (Lipinski definition) is 0. The minimum absolute atomic E-state index is 0.0370. The van der Waals surface area contributed by atoms with Crippen molar-refractivity contribution in [3.05, 3.63) is 35.4 Å². The number of rotatable bonds is 2. The number of amides is 2. The molecule has 158 valence electrons. The van der Waals surface area contributed by atoms with Crippen molar-refractivity contribution in [2.75, 3.05) is 19.7 Å². The van der Waals surface area contributed by atoms with Gasteiger partial charge >= 0.3 is 6.18 Å². The van der Waals surface area contributed by atoms with E-state index in [9.17, 15) is 22.8 Å². The lowest BCUT2D eigenvalue weighted by molar-refractivity contribution is -0.138. The molecule has 4 rings (SSSR count). The summed E-state index contributed by atoms with van der Waals surface area (Å²) in [5, 5.41) is 0. The third kappa shape index (κ3) is 3.63. The van der Waals surface area contributed by atoms with Gasteiger partial charge in [0.05, 0.1) is 17.7 Å². The molecule has 3 aliphatic rings. The van der Waals surface area contributed by atoms with E-state index < -0.39 is 35.0 Å². The Morgan fingerprint density at radius 1 is 1.00 bits per heavy atom. The summed E-state index contributed by atoms with van der Waals surface area (Å²) in [6.07, 6.45) is 0.834. The number of alkyl halides is 3. The molecule has 2 amide bonds. The van der Waals surface area contributed by atoms with Gasteiger partial charge in [-0.15, -0.1) is 0 Å². The topological polar surface area (TPSA) is 49.9 Å². The van der Waals surface area contributed by atoms with E-state index in [2.05, 4.69) is 0 Å². The van der Waals surface area contributed by atoms with Crippen molar-refractivity contribution in [3.8, 4) is 0 Å². The zero-order chi connectivity index (χ0) is 20.6. The zero-order valence-electron chi connectivity index (χ0n) is 16.2. The molecule has 0 bridgehead atoms. The van der Waals surface area contributed by atoms with Crippen LogP contribution in [0.15, 0.2) is 24.3 Å². The summed E-state index contributed by atoms with van der Waals surface area (Å²) in [6, 6.07) is 3.92.